The van der Waals surface area contributed by atoms with Crippen molar-refractivity contribution in [3.05, 3.63) is 30.0 Å². The minimum atomic E-state index is -4.35. The van der Waals surface area contributed by atoms with Crippen LogP contribution in [0.3, 0.4) is 0 Å². The molecule has 0 aliphatic rings. The summed E-state index contributed by atoms with van der Waals surface area (Å²) in [6.07, 6.45) is -0.945. The SMILES string of the molecule is CN(CC(F)(F)F)c1ncccc1/C=C/C(=O)O. The average Bonchev–Trinajstić information content (AvgIpc) is 2.24. The van der Waals surface area contributed by atoms with Crippen LogP contribution in [-0.2, 0) is 4.79 Å². The molecule has 18 heavy (non-hydrogen) atoms. The molecule has 1 aromatic heterocycles. The van der Waals surface area contributed by atoms with Gasteiger partial charge in [0, 0.05) is 24.9 Å². The third-order valence-corrected chi connectivity index (χ3v) is 2.00. The molecule has 0 bridgehead atoms. The summed E-state index contributed by atoms with van der Waals surface area (Å²) in [6, 6.07) is 3.01. The fraction of sp³-hybridized carbons (Fsp3) is 0.273. The summed E-state index contributed by atoms with van der Waals surface area (Å²) in [5.41, 5.74) is 0.312. The normalized spacial score (nSPS) is 11.8. The number of pyridine rings is 1. The molecule has 0 unspecified atom stereocenters. The molecule has 98 valence electrons. The number of alkyl halides is 3. The quantitative estimate of drug-likeness (QED) is 0.843. The molecule has 0 saturated heterocycles. The zero-order chi connectivity index (χ0) is 13.8. The molecule has 0 saturated carbocycles. The van der Waals surface area contributed by atoms with Gasteiger partial charge in [-0.2, -0.15) is 13.2 Å². The van der Waals surface area contributed by atoms with E-state index >= 15 is 0 Å². The molecule has 0 spiro atoms. The molecule has 0 aliphatic heterocycles. The Hall–Kier alpha value is -2.05. The fourth-order valence-corrected chi connectivity index (χ4v) is 1.36. The molecule has 0 fully saturated rings. The molecule has 4 nitrogen and oxygen atoms in total. The summed E-state index contributed by atoms with van der Waals surface area (Å²) in [4.78, 5) is 15.1. The topological polar surface area (TPSA) is 53.4 Å². The van der Waals surface area contributed by atoms with Gasteiger partial charge in [-0.05, 0) is 18.2 Å². The molecule has 0 radical (unpaired) electrons. The highest BCUT2D eigenvalue weighted by molar-refractivity contribution is 5.86. The van der Waals surface area contributed by atoms with Crippen molar-refractivity contribution in [3.8, 4) is 0 Å². The number of carboxylic acids is 1. The zero-order valence-electron chi connectivity index (χ0n) is 9.48. The van der Waals surface area contributed by atoms with Crippen molar-refractivity contribution in [1.82, 2.24) is 4.98 Å². The second kappa shape index (κ2) is 5.52. The molecule has 0 aliphatic carbocycles. The van der Waals surface area contributed by atoms with E-state index in [-0.39, 0.29) is 5.82 Å². The molecular weight excluding hydrogens is 249 g/mol. The van der Waals surface area contributed by atoms with E-state index < -0.39 is 18.7 Å². The van der Waals surface area contributed by atoms with Crippen molar-refractivity contribution in [2.45, 2.75) is 6.18 Å². The van der Waals surface area contributed by atoms with Crippen molar-refractivity contribution >= 4 is 17.9 Å². The number of aliphatic carboxylic acids is 1. The number of halogens is 3. The Balaban J connectivity index is 2.98. The summed E-state index contributed by atoms with van der Waals surface area (Å²) in [5, 5.41) is 8.49. The van der Waals surface area contributed by atoms with Gasteiger partial charge in [0.15, 0.2) is 0 Å². The lowest BCUT2D eigenvalue weighted by Crippen LogP contribution is -2.31. The van der Waals surface area contributed by atoms with E-state index in [9.17, 15) is 18.0 Å². The van der Waals surface area contributed by atoms with Crippen LogP contribution < -0.4 is 4.90 Å². The van der Waals surface area contributed by atoms with E-state index in [0.29, 0.717) is 5.56 Å². The predicted molar refractivity (Wildman–Crippen MR) is 60.2 cm³/mol. The number of carbonyl (C=O) groups is 1. The van der Waals surface area contributed by atoms with Crippen molar-refractivity contribution in [1.29, 1.82) is 0 Å². The van der Waals surface area contributed by atoms with E-state index in [0.717, 1.165) is 11.0 Å². The highest BCUT2D eigenvalue weighted by Gasteiger charge is 2.30. The number of anilines is 1. The Morgan fingerprint density at radius 2 is 2.22 bits per heavy atom. The van der Waals surface area contributed by atoms with Gasteiger partial charge in [0.2, 0.25) is 0 Å². The second-order valence-corrected chi connectivity index (χ2v) is 3.56. The summed E-state index contributed by atoms with van der Waals surface area (Å²) in [7, 11) is 1.24. The minimum absolute atomic E-state index is 0.0762. The number of aromatic nitrogens is 1. The van der Waals surface area contributed by atoms with E-state index in [2.05, 4.69) is 4.98 Å². The number of hydrogen-bond donors (Lipinski definition) is 1. The summed E-state index contributed by atoms with van der Waals surface area (Å²) < 4.78 is 36.8. The Morgan fingerprint density at radius 3 is 2.78 bits per heavy atom. The second-order valence-electron chi connectivity index (χ2n) is 3.56. The average molecular weight is 260 g/mol. The van der Waals surface area contributed by atoms with Gasteiger partial charge in [-0.15, -0.1) is 0 Å². The monoisotopic (exact) mass is 260 g/mol. The maximum Gasteiger partial charge on any atom is 0.405 e. The van der Waals surface area contributed by atoms with Crippen LogP contribution in [0.4, 0.5) is 19.0 Å². The number of nitrogens with zero attached hydrogens (tertiary/aromatic N) is 2. The summed E-state index contributed by atoms with van der Waals surface area (Å²) in [5.74, 6) is -1.10. The van der Waals surface area contributed by atoms with Gasteiger partial charge in [0.25, 0.3) is 0 Å². The zero-order valence-corrected chi connectivity index (χ0v) is 9.48. The third-order valence-electron chi connectivity index (χ3n) is 2.00. The smallest absolute Gasteiger partial charge is 0.405 e. The molecule has 0 amide bonds. The molecule has 1 N–H and O–H groups in total. The third kappa shape index (κ3) is 4.44. The first-order valence-corrected chi connectivity index (χ1v) is 4.93. The van der Waals surface area contributed by atoms with Crippen LogP contribution in [0.2, 0.25) is 0 Å². The number of carboxylic acid groups (broad SMARTS) is 1. The first kappa shape index (κ1) is 14.0. The largest absolute Gasteiger partial charge is 0.478 e. The number of rotatable bonds is 4. The number of hydrogen-bond acceptors (Lipinski definition) is 3. The molecule has 0 atom stereocenters. The van der Waals surface area contributed by atoms with Crippen LogP contribution in [0.5, 0.6) is 0 Å². The Morgan fingerprint density at radius 1 is 1.56 bits per heavy atom. The van der Waals surface area contributed by atoms with E-state index in [1.807, 2.05) is 0 Å². The molecule has 1 rings (SSSR count). The Labute approximate surface area is 101 Å². The van der Waals surface area contributed by atoms with Crippen molar-refractivity contribution in [3.63, 3.8) is 0 Å². The molecule has 1 aromatic rings. The lowest BCUT2D eigenvalue weighted by molar-refractivity contribution is -0.131. The standard InChI is InChI=1S/C11H11F3N2O2/c1-16(7-11(12,13)14)10-8(3-2-6-15-10)4-5-9(17)18/h2-6H,7H2,1H3,(H,17,18)/b5-4+. The van der Waals surface area contributed by atoms with E-state index in [4.69, 9.17) is 5.11 Å². The van der Waals surface area contributed by atoms with Gasteiger partial charge in [-0.25, -0.2) is 9.78 Å². The van der Waals surface area contributed by atoms with Gasteiger partial charge < -0.3 is 10.0 Å². The van der Waals surface area contributed by atoms with Crippen LogP contribution in [0, 0.1) is 0 Å². The van der Waals surface area contributed by atoms with Crippen LogP contribution >= 0.6 is 0 Å². The predicted octanol–water partition coefficient (Wildman–Crippen LogP) is 2.18. The van der Waals surface area contributed by atoms with Gasteiger partial charge in [0.1, 0.15) is 12.4 Å². The van der Waals surface area contributed by atoms with Crippen molar-refractivity contribution < 1.29 is 23.1 Å². The van der Waals surface area contributed by atoms with Crippen LogP contribution in [0.15, 0.2) is 24.4 Å². The summed E-state index contributed by atoms with van der Waals surface area (Å²) in [6.45, 7) is -1.15. The van der Waals surface area contributed by atoms with Crippen molar-refractivity contribution in [2.75, 3.05) is 18.5 Å². The van der Waals surface area contributed by atoms with Crippen LogP contribution in [0.25, 0.3) is 6.08 Å². The maximum absolute atomic E-state index is 12.3. The lowest BCUT2D eigenvalue weighted by Gasteiger charge is -2.21. The van der Waals surface area contributed by atoms with Gasteiger partial charge >= 0.3 is 12.1 Å². The highest BCUT2D eigenvalue weighted by Crippen LogP contribution is 2.22. The van der Waals surface area contributed by atoms with Crippen LogP contribution in [0.1, 0.15) is 5.56 Å². The van der Waals surface area contributed by atoms with Gasteiger partial charge in [-0.3, -0.25) is 0 Å². The minimum Gasteiger partial charge on any atom is -0.478 e. The first-order chi connectivity index (χ1) is 8.29. The fourth-order valence-electron chi connectivity index (χ4n) is 1.36. The molecule has 1 heterocycles. The van der Waals surface area contributed by atoms with Gasteiger partial charge in [0.05, 0.1) is 0 Å². The first-order valence-electron chi connectivity index (χ1n) is 4.93. The van der Waals surface area contributed by atoms with Gasteiger partial charge in [-0.1, -0.05) is 0 Å². The van der Waals surface area contributed by atoms with E-state index in [1.165, 1.54) is 31.5 Å². The Bertz CT molecular complexity index is 458. The lowest BCUT2D eigenvalue weighted by atomic mass is 10.2. The van der Waals surface area contributed by atoms with E-state index in [1.54, 1.807) is 0 Å². The Kier molecular flexibility index (Phi) is 4.30. The van der Waals surface area contributed by atoms with Crippen molar-refractivity contribution in [2.24, 2.45) is 0 Å². The summed E-state index contributed by atoms with van der Waals surface area (Å²) >= 11 is 0. The van der Waals surface area contributed by atoms with Crippen LogP contribution in [-0.4, -0.2) is 35.8 Å². The molecule has 7 heteroatoms. The molecule has 0 aromatic carbocycles. The molecular formula is C11H11F3N2O2. The maximum atomic E-state index is 12.3. The highest BCUT2D eigenvalue weighted by atomic mass is 19.4.